The minimum Gasteiger partial charge on any atom is -0.495 e. The Morgan fingerprint density at radius 3 is 2.40 bits per heavy atom. The van der Waals surface area contributed by atoms with Crippen LogP contribution in [0.25, 0.3) is 0 Å². The van der Waals surface area contributed by atoms with Crippen molar-refractivity contribution in [2.45, 2.75) is 64.0 Å². The predicted molar refractivity (Wildman–Crippen MR) is 103 cm³/mol. The Bertz CT molecular complexity index is 711. The molecular weight excluding hydrogens is 314 g/mol. The van der Waals surface area contributed by atoms with E-state index in [-0.39, 0.29) is 11.4 Å². The zero-order chi connectivity index (χ0) is 18.2. The molecule has 6 nitrogen and oxygen atoms in total. The van der Waals surface area contributed by atoms with Gasteiger partial charge in [0, 0.05) is 0 Å². The van der Waals surface area contributed by atoms with Gasteiger partial charge in [-0.15, -0.1) is 0 Å². The number of ether oxygens (including phenoxy) is 1. The van der Waals surface area contributed by atoms with Crippen molar-refractivity contribution in [3.8, 4) is 5.75 Å². The number of benzene rings is 1. The lowest BCUT2D eigenvalue weighted by atomic mass is 9.85. The van der Waals surface area contributed by atoms with E-state index in [9.17, 15) is 0 Å². The lowest BCUT2D eigenvalue weighted by Gasteiger charge is -2.46. The first-order chi connectivity index (χ1) is 11.8. The number of nitrogens with zero attached hydrogens (tertiary/aromatic N) is 3. The summed E-state index contributed by atoms with van der Waals surface area (Å²) in [6, 6.07) is 6.25. The number of hydrogen-bond donors (Lipinski definition) is 2. The van der Waals surface area contributed by atoms with Gasteiger partial charge in [0.15, 0.2) is 0 Å². The monoisotopic (exact) mass is 343 g/mol. The van der Waals surface area contributed by atoms with Crippen LogP contribution in [0, 0.1) is 0 Å². The number of guanidine groups is 2. The third-order valence-electron chi connectivity index (χ3n) is 5.14. The molecule has 0 aromatic heterocycles. The molecule has 25 heavy (non-hydrogen) atoms. The van der Waals surface area contributed by atoms with Gasteiger partial charge < -0.3 is 16.2 Å². The number of rotatable bonds is 2. The molecule has 136 valence electrons. The van der Waals surface area contributed by atoms with Gasteiger partial charge in [-0.1, -0.05) is 33.3 Å². The molecule has 0 unspecified atom stereocenters. The van der Waals surface area contributed by atoms with Crippen LogP contribution in [-0.4, -0.2) is 24.7 Å². The van der Waals surface area contributed by atoms with Crippen LogP contribution in [0.4, 0.5) is 5.69 Å². The molecule has 0 atom stereocenters. The van der Waals surface area contributed by atoms with Gasteiger partial charge in [0.1, 0.15) is 11.4 Å². The third-order valence-corrected chi connectivity index (χ3v) is 5.14. The van der Waals surface area contributed by atoms with Crippen molar-refractivity contribution in [2.75, 3.05) is 12.0 Å². The zero-order valence-electron chi connectivity index (χ0n) is 15.7. The maximum absolute atomic E-state index is 6.35. The predicted octanol–water partition coefficient (Wildman–Crippen LogP) is 3.10. The minimum absolute atomic E-state index is 0.0186. The van der Waals surface area contributed by atoms with E-state index in [1.807, 2.05) is 11.0 Å². The number of nitrogens with two attached hydrogens (primary N) is 2. The number of hydrogen-bond acceptors (Lipinski definition) is 6. The summed E-state index contributed by atoms with van der Waals surface area (Å²) in [4.78, 5) is 11.0. The Balaban J connectivity index is 2.16. The molecule has 4 N–H and O–H groups in total. The molecule has 1 spiro atoms. The number of methoxy groups -OCH3 is 1. The number of aliphatic imine (C=N–C) groups is 2. The van der Waals surface area contributed by atoms with E-state index in [1.54, 1.807) is 7.11 Å². The Morgan fingerprint density at radius 1 is 1.12 bits per heavy atom. The molecule has 0 bridgehead atoms. The average molecular weight is 343 g/mol. The van der Waals surface area contributed by atoms with Crippen molar-refractivity contribution in [2.24, 2.45) is 21.5 Å². The quantitative estimate of drug-likeness (QED) is 0.863. The molecular formula is C19H29N5O. The fraction of sp³-hybridized carbons (Fsp3) is 0.579. The summed E-state index contributed by atoms with van der Waals surface area (Å²) >= 11 is 0. The fourth-order valence-electron chi connectivity index (χ4n) is 3.80. The molecule has 2 aliphatic rings. The average Bonchev–Trinajstić information content (AvgIpc) is 2.53. The van der Waals surface area contributed by atoms with E-state index in [2.05, 4.69) is 37.9 Å². The van der Waals surface area contributed by atoms with E-state index in [1.165, 1.54) is 12.0 Å². The molecule has 1 saturated carbocycles. The molecule has 1 fully saturated rings. The van der Waals surface area contributed by atoms with Crippen LogP contribution in [0.2, 0.25) is 0 Å². The summed E-state index contributed by atoms with van der Waals surface area (Å²) in [5, 5.41) is 0. The Labute approximate surface area is 150 Å². The Hall–Kier alpha value is -2.24. The molecule has 1 heterocycles. The van der Waals surface area contributed by atoms with E-state index in [4.69, 9.17) is 21.2 Å². The van der Waals surface area contributed by atoms with E-state index >= 15 is 0 Å². The highest BCUT2D eigenvalue weighted by Crippen LogP contribution is 2.43. The second-order valence-corrected chi connectivity index (χ2v) is 7.96. The summed E-state index contributed by atoms with van der Waals surface area (Å²) < 4.78 is 5.64. The molecule has 1 aromatic carbocycles. The maximum Gasteiger partial charge on any atom is 0.220 e. The van der Waals surface area contributed by atoms with Crippen molar-refractivity contribution in [3.05, 3.63) is 23.8 Å². The van der Waals surface area contributed by atoms with Crippen molar-refractivity contribution in [1.82, 2.24) is 0 Å². The van der Waals surface area contributed by atoms with Crippen LogP contribution in [0.1, 0.15) is 58.4 Å². The second-order valence-electron chi connectivity index (χ2n) is 7.96. The number of anilines is 1. The Kier molecular flexibility index (Phi) is 4.39. The second kappa shape index (κ2) is 6.24. The summed E-state index contributed by atoms with van der Waals surface area (Å²) in [5.41, 5.74) is 14.0. The topological polar surface area (TPSA) is 89.2 Å². The lowest BCUT2D eigenvalue weighted by Crippen LogP contribution is -2.58. The molecule has 6 heteroatoms. The van der Waals surface area contributed by atoms with Crippen LogP contribution >= 0.6 is 0 Å². The Morgan fingerprint density at radius 2 is 1.80 bits per heavy atom. The normalized spacial score (nSPS) is 20.2. The first-order valence-electron chi connectivity index (χ1n) is 8.95. The molecule has 3 rings (SSSR count). The van der Waals surface area contributed by atoms with E-state index in [0.29, 0.717) is 5.96 Å². The van der Waals surface area contributed by atoms with Crippen LogP contribution in [0.3, 0.4) is 0 Å². The van der Waals surface area contributed by atoms with Gasteiger partial charge in [-0.2, -0.15) is 4.99 Å². The zero-order valence-corrected chi connectivity index (χ0v) is 15.7. The molecule has 1 aliphatic carbocycles. The van der Waals surface area contributed by atoms with Crippen molar-refractivity contribution in [1.29, 1.82) is 0 Å². The molecule has 1 aliphatic heterocycles. The van der Waals surface area contributed by atoms with Gasteiger partial charge in [0.2, 0.25) is 11.9 Å². The summed E-state index contributed by atoms with van der Waals surface area (Å²) in [7, 11) is 1.68. The standard InChI is InChI=1S/C19H29N5O/c1-18(2,3)13-8-9-15(25-4)14(12-13)24-17(21)22-16(20)23-19(24)10-6-5-7-11-19/h8-9,12H,5-7,10-11H2,1-4H3,(H4,20,21,22,23). The van der Waals surface area contributed by atoms with Gasteiger partial charge in [0.25, 0.3) is 0 Å². The summed E-state index contributed by atoms with van der Waals surface area (Å²) in [6.07, 6.45) is 5.23. The SMILES string of the molecule is COc1ccc(C(C)(C)C)cc1N1C(N)=NC(N)=NC12CCCCC2. The van der Waals surface area contributed by atoms with Crippen LogP contribution in [0.5, 0.6) is 5.75 Å². The minimum atomic E-state index is -0.460. The summed E-state index contributed by atoms with van der Waals surface area (Å²) in [5.74, 6) is 1.42. The van der Waals surface area contributed by atoms with Gasteiger partial charge >= 0.3 is 0 Å². The van der Waals surface area contributed by atoms with Gasteiger partial charge in [-0.3, -0.25) is 4.90 Å². The molecule has 0 saturated heterocycles. The van der Waals surface area contributed by atoms with Crippen molar-refractivity contribution >= 4 is 17.6 Å². The first kappa shape index (κ1) is 17.6. The smallest absolute Gasteiger partial charge is 0.220 e. The van der Waals surface area contributed by atoms with Crippen LogP contribution in [0.15, 0.2) is 28.2 Å². The largest absolute Gasteiger partial charge is 0.495 e. The van der Waals surface area contributed by atoms with Gasteiger partial charge in [0.05, 0.1) is 12.8 Å². The van der Waals surface area contributed by atoms with Crippen LogP contribution < -0.4 is 21.1 Å². The lowest BCUT2D eigenvalue weighted by molar-refractivity contribution is 0.303. The fourth-order valence-corrected chi connectivity index (χ4v) is 3.80. The van der Waals surface area contributed by atoms with E-state index < -0.39 is 5.66 Å². The highest BCUT2D eigenvalue weighted by molar-refractivity contribution is 6.06. The van der Waals surface area contributed by atoms with Crippen molar-refractivity contribution < 1.29 is 4.74 Å². The van der Waals surface area contributed by atoms with Gasteiger partial charge in [-0.05, 0) is 48.8 Å². The van der Waals surface area contributed by atoms with Crippen molar-refractivity contribution in [3.63, 3.8) is 0 Å². The van der Waals surface area contributed by atoms with Crippen LogP contribution in [-0.2, 0) is 5.41 Å². The molecule has 0 amide bonds. The van der Waals surface area contributed by atoms with E-state index in [0.717, 1.165) is 37.1 Å². The van der Waals surface area contributed by atoms with Gasteiger partial charge in [-0.25, -0.2) is 4.99 Å². The summed E-state index contributed by atoms with van der Waals surface area (Å²) in [6.45, 7) is 6.58. The maximum atomic E-state index is 6.35. The molecule has 0 radical (unpaired) electrons. The molecule has 1 aromatic rings. The highest BCUT2D eigenvalue weighted by Gasteiger charge is 2.43. The first-order valence-corrected chi connectivity index (χ1v) is 8.95. The third kappa shape index (κ3) is 3.17. The highest BCUT2D eigenvalue weighted by atomic mass is 16.5.